The van der Waals surface area contributed by atoms with Crippen molar-refractivity contribution in [3.8, 4) is 11.3 Å². The van der Waals surface area contributed by atoms with Gasteiger partial charge in [0, 0.05) is 21.1 Å². The molecule has 0 aliphatic carbocycles. The molecule has 0 aliphatic heterocycles. The van der Waals surface area contributed by atoms with Crippen LogP contribution in [-0.4, -0.2) is 10.9 Å². The van der Waals surface area contributed by atoms with Crippen molar-refractivity contribution >= 4 is 38.9 Å². The molecule has 0 unspecified atom stereocenters. The third kappa shape index (κ3) is 3.65. The smallest absolute Gasteiger partial charge is 0.256 e. The molecule has 0 spiro atoms. The number of thiazole rings is 1. The fourth-order valence-corrected chi connectivity index (χ4v) is 3.17. The molecule has 6 heteroatoms. The lowest BCUT2D eigenvalue weighted by Gasteiger charge is -2.08. The molecule has 3 aromatic rings. The Hall–Kier alpha value is -2.05. The lowest BCUT2D eigenvalue weighted by atomic mass is 10.1. The Kier molecular flexibility index (Phi) is 4.54. The van der Waals surface area contributed by atoms with E-state index in [1.165, 1.54) is 18.2 Å². The third-order valence-corrected chi connectivity index (χ3v) is 4.67. The molecule has 116 valence electrons. The summed E-state index contributed by atoms with van der Waals surface area (Å²) in [5.41, 5.74) is 2.68. The van der Waals surface area contributed by atoms with Gasteiger partial charge in [0.25, 0.3) is 5.91 Å². The van der Waals surface area contributed by atoms with Crippen molar-refractivity contribution in [1.29, 1.82) is 0 Å². The van der Waals surface area contributed by atoms with E-state index in [0.29, 0.717) is 10.2 Å². The van der Waals surface area contributed by atoms with E-state index in [9.17, 15) is 9.18 Å². The van der Waals surface area contributed by atoms with Gasteiger partial charge in [0.2, 0.25) is 0 Å². The molecular formula is C17H12BrFN2OS. The summed E-state index contributed by atoms with van der Waals surface area (Å²) in [6.07, 6.45) is 0. The lowest BCUT2D eigenvalue weighted by Crippen LogP contribution is -2.12. The van der Waals surface area contributed by atoms with Gasteiger partial charge >= 0.3 is 0 Å². The second kappa shape index (κ2) is 6.60. The number of anilines is 1. The molecule has 0 bridgehead atoms. The van der Waals surface area contributed by atoms with Crippen molar-refractivity contribution in [2.24, 2.45) is 0 Å². The first-order valence-corrected chi connectivity index (χ1v) is 8.49. The van der Waals surface area contributed by atoms with Crippen LogP contribution in [0, 0.1) is 12.7 Å². The number of aromatic nitrogens is 1. The first kappa shape index (κ1) is 15.8. The van der Waals surface area contributed by atoms with E-state index < -0.39 is 5.82 Å². The van der Waals surface area contributed by atoms with Gasteiger partial charge in [0.05, 0.1) is 16.3 Å². The van der Waals surface area contributed by atoms with E-state index in [1.54, 1.807) is 17.4 Å². The summed E-state index contributed by atoms with van der Waals surface area (Å²) in [6, 6.07) is 11.4. The average molecular weight is 391 g/mol. The molecule has 0 radical (unpaired) electrons. The average Bonchev–Trinajstić information content (AvgIpc) is 2.96. The van der Waals surface area contributed by atoms with Gasteiger partial charge in [0.15, 0.2) is 0 Å². The van der Waals surface area contributed by atoms with Crippen molar-refractivity contribution in [1.82, 2.24) is 4.98 Å². The fourth-order valence-electron chi connectivity index (χ4n) is 2.12. The number of nitrogens with zero attached hydrogens (tertiary/aromatic N) is 1. The van der Waals surface area contributed by atoms with Crippen molar-refractivity contribution in [3.05, 3.63) is 68.7 Å². The molecule has 3 nitrogen and oxygen atoms in total. The predicted molar refractivity (Wildman–Crippen MR) is 94.3 cm³/mol. The number of benzene rings is 2. The Labute approximate surface area is 145 Å². The van der Waals surface area contributed by atoms with Crippen LogP contribution in [0.5, 0.6) is 0 Å². The molecule has 0 aliphatic rings. The van der Waals surface area contributed by atoms with Gasteiger partial charge in [-0.2, -0.15) is 0 Å². The summed E-state index contributed by atoms with van der Waals surface area (Å²) in [4.78, 5) is 16.8. The Balaban J connectivity index is 1.85. The van der Waals surface area contributed by atoms with Crippen LogP contribution < -0.4 is 5.32 Å². The van der Waals surface area contributed by atoms with Gasteiger partial charge in [-0.25, -0.2) is 9.37 Å². The summed E-state index contributed by atoms with van der Waals surface area (Å²) in [5, 5.41) is 5.74. The molecule has 0 fully saturated rings. The zero-order valence-electron chi connectivity index (χ0n) is 12.1. The number of carbonyl (C=O) groups excluding carboxylic acids is 1. The zero-order chi connectivity index (χ0) is 16.4. The summed E-state index contributed by atoms with van der Waals surface area (Å²) < 4.78 is 13.9. The van der Waals surface area contributed by atoms with E-state index in [2.05, 4.69) is 26.2 Å². The zero-order valence-corrected chi connectivity index (χ0v) is 14.5. The quantitative estimate of drug-likeness (QED) is 0.661. The van der Waals surface area contributed by atoms with Crippen molar-refractivity contribution in [3.63, 3.8) is 0 Å². The largest absolute Gasteiger partial charge is 0.322 e. The van der Waals surface area contributed by atoms with Crippen molar-refractivity contribution in [2.45, 2.75) is 6.92 Å². The Morgan fingerprint density at radius 1 is 1.26 bits per heavy atom. The maximum absolute atomic E-state index is 13.3. The maximum Gasteiger partial charge on any atom is 0.256 e. The summed E-state index contributed by atoms with van der Waals surface area (Å²) in [5.74, 6) is -0.826. The molecule has 2 aromatic carbocycles. The van der Waals surface area contributed by atoms with Crippen LogP contribution in [-0.2, 0) is 0 Å². The molecule has 1 amide bonds. The summed E-state index contributed by atoms with van der Waals surface area (Å²) in [7, 11) is 0. The Bertz CT molecular complexity index is 879. The highest BCUT2D eigenvalue weighted by molar-refractivity contribution is 9.10. The number of halogens is 2. The van der Waals surface area contributed by atoms with E-state index >= 15 is 0 Å². The number of nitrogens with one attached hydrogen (secondary N) is 1. The molecule has 1 aromatic heterocycles. The summed E-state index contributed by atoms with van der Waals surface area (Å²) in [6.45, 7) is 1.95. The van der Waals surface area contributed by atoms with Gasteiger partial charge < -0.3 is 5.32 Å². The predicted octanol–water partition coefficient (Wildman–Crippen LogP) is 5.27. The van der Waals surface area contributed by atoms with Crippen LogP contribution in [0.3, 0.4) is 0 Å². The van der Waals surface area contributed by atoms with Crippen LogP contribution in [0.25, 0.3) is 11.3 Å². The molecule has 0 saturated carbocycles. The van der Waals surface area contributed by atoms with Crippen LogP contribution in [0.2, 0.25) is 0 Å². The van der Waals surface area contributed by atoms with Crippen LogP contribution in [0.15, 0.2) is 52.3 Å². The van der Waals surface area contributed by atoms with Gasteiger partial charge in [0.1, 0.15) is 5.82 Å². The van der Waals surface area contributed by atoms with Crippen LogP contribution in [0.4, 0.5) is 10.1 Å². The number of rotatable bonds is 3. The molecule has 1 heterocycles. The molecule has 0 atom stereocenters. The van der Waals surface area contributed by atoms with E-state index in [4.69, 9.17) is 0 Å². The molecule has 23 heavy (non-hydrogen) atoms. The van der Waals surface area contributed by atoms with Gasteiger partial charge in [-0.3, -0.25) is 4.79 Å². The van der Waals surface area contributed by atoms with Gasteiger partial charge in [-0.15, -0.1) is 11.3 Å². The van der Waals surface area contributed by atoms with E-state index in [-0.39, 0.29) is 11.5 Å². The number of hydrogen-bond acceptors (Lipinski definition) is 3. The minimum absolute atomic E-state index is 0.250. The number of carbonyl (C=O) groups is 1. The summed E-state index contributed by atoms with van der Waals surface area (Å²) >= 11 is 4.84. The Morgan fingerprint density at radius 2 is 2.09 bits per heavy atom. The topological polar surface area (TPSA) is 42.0 Å². The monoisotopic (exact) mass is 390 g/mol. The number of aryl methyl sites for hydroxylation is 1. The highest BCUT2D eigenvalue weighted by atomic mass is 79.9. The second-order valence-corrected chi connectivity index (χ2v) is 6.83. The molecule has 0 saturated heterocycles. The minimum Gasteiger partial charge on any atom is -0.322 e. The number of amides is 1. The third-order valence-electron chi connectivity index (χ3n) is 3.21. The lowest BCUT2D eigenvalue weighted by molar-refractivity contribution is 0.102. The molecule has 1 N–H and O–H groups in total. The van der Waals surface area contributed by atoms with Crippen molar-refractivity contribution < 1.29 is 9.18 Å². The normalized spacial score (nSPS) is 10.6. The molecule has 3 rings (SSSR count). The van der Waals surface area contributed by atoms with E-state index in [0.717, 1.165) is 16.3 Å². The van der Waals surface area contributed by atoms with Gasteiger partial charge in [-0.05, 0) is 53.2 Å². The standard InChI is InChI=1S/C17H12BrFN2OS/c1-10-20-16(9-23-10)11-3-2-4-13(7-11)21-17(22)14-8-12(19)5-6-15(14)18/h2-9H,1H3,(H,21,22). The minimum atomic E-state index is -0.454. The highest BCUT2D eigenvalue weighted by Crippen LogP contribution is 2.25. The SMILES string of the molecule is Cc1nc(-c2cccc(NC(=O)c3cc(F)ccc3Br)c2)cs1. The van der Waals surface area contributed by atoms with Crippen molar-refractivity contribution in [2.75, 3.05) is 5.32 Å². The number of hydrogen-bond donors (Lipinski definition) is 1. The highest BCUT2D eigenvalue weighted by Gasteiger charge is 2.12. The van der Waals surface area contributed by atoms with Crippen LogP contribution in [0.1, 0.15) is 15.4 Å². The fraction of sp³-hybridized carbons (Fsp3) is 0.0588. The maximum atomic E-state index is 13.3. The van der Waals surface area contributed by atoms with Gasteiger partial charge in [-0.1, -0.05) is 12.1 Å². The van der Waals surface area contributed by atoms with E-state index in [1.807, 2.05) is 30.5 Å². The first-order chi connectivity index (χ1) is 11.0. The molecular weight excluding hydrogens is 379 g/mol. The second-order valence-electron chi connectivity index (χ2n) is 4.91. The Morgan fingerprint density at radius 3 is 2.83 bits per heavy atom. The van der Waals surface area contributed by atoms with Crippen LogP contribution >= 0.6 is 27.3 Å². The first-order valence-electron chi connectivity index (χ1n) is 6.82.